The quantitative estimate of drug-likeness (QED) is 0.763. The summed E-state index contributed by atoms with van der Waals surface area (Å²) in [6.07, 6.45) is 0.730. The van der Waals surface area contributed by atoms with Crippen molar-refractivity contribution < 1.29 is 28.6 Å². The summed E-state index contributed by atoms with van der Waals surface area (Å²) in [6.45, 7) is 0.972. The standard InChI is InChI=1S/C21H22FNO5/c22-17-5-2-6-18(12-17)28-13-15-3-1-4-16(11-15)19(24)23-14-21(20(25)26)7-9-27-10-8-21/h1-6,11-12H,7-10,13-14H2,(H,23,24)(H,25,26). The second-order valence-electron chi connectivity index (χ2n) is 6.83. The van der Waals surface area contributed by atoms with Crippen molar-refractivity contribution in [2.75, 3.05) is 19.8 Å². The van der Waals surface area contributed by atoms with Gasteiger partial charge in [-0.1, -0.05) is 18.2 Å². The summed E-state index contributed by atoms with van der Waals surface area (Å²) in [5, 5.41) is 12.3. The van der Waals surface area contributed by atoms with Crippen LogP contribution in [0.1, 0.15) is 28.8 Å². The van der Waals surface area contributed by atoms with Gasteiger partial charge >= 0.3 is 5.97 Å². The van der Waals surface area contributed by atoms with Gasteiger partial charge in [-0.25, -0.2) is 4.39 Å². The molecule has 0 spiro atoms. The number of carboxylic acid groups (broad SMARTS) is 1. The molecule has 6 nitrogen and oxygen atoms in total. The average molecular weight is 387 g/mol. The van der Waals surface area contributed by atoms with Crippen LogP contribution >= 0.6 is 0 Å². The third-order valence-electron chi connectivity index (χ3n) is 4.88. The van der Waals surface area contributed by atoms with E-state index in [4.69, 9.17) is 9.47 Å². The van der Waals surface area contributed by atoms with Crippen LogP contribution in [0.4, 0.5) is 4.39 Å². The van der Waals surface area contributed by atoms with E-state index in [1.807, 2.05) is 0 Å². The minimum absolute atomic E-state index is 0.0501. The van der Waals surface area contributed by atoms with Crippen molar-refractivity contribution in [1.82, 2.24) is 5.32 Å². The average Bonchev–Trinajstić information content (AvgIpc) is 2.71. The van der Waals surface area contributed by atoms with Crippen LogP contribution in [-0.4, -0.2) is 36.7 Å². The Morgan fingerprint density at radius 3 is 2.61 bits per heavy atom. The van der Waals surface area contributed by atoms with Crippen molar-refractivity contribution in [2.24, 2.45) is 5.41 Å². The van der Waals surface area contributed by atoms with Gasteiger partial charge in [-0.15, -0.1) is 0 Å². The summed E-state index contributed by atoms with van der Waals surface area (Å²) in [5.41, 5.74) is 0.162. The number of carbonyl (C=O) groups excluding carboxylic acids is 1. The number of aliphatic carboxylic acids is 1. The number of halogens is 1. The highest BCUT2D eigenvalue weighted by Crippen LogP contribution is 2.30. The number of amides is 1. The number of carboxylic acids is 1. The largest absolute Gasteiger partial charge is 0.489 e. The zero-order chi connectivity index (χ0) is 20.0. The lowest BCUT2D eigenvalue weighted by Gasteiger charge is -2.33. The van der Waals surface area contributed by atoms with Crippen molar-refractivity contribution in [3.63, 3.8) is 0 Å². The zero-order valence-corrected chi connectivity index (χ0v) is 15.3. The van der Waals surface area contributed by atoms with E-state index in [1.165, 1.54) is 12.1 Å². The first kappa shape index (κ1) is 19.8. The van der Waals surface area contributed by atoms with Gasteiger partial charge in [-0.3, -0.25) is 9.59 Å². The second kappa shape index (κ2) is 8.84. The molecule has 1 heterocycles. The topological polar surface area (TPSA) is 84.9 Å². The second-order valence-corrected chi connectivity index (χ2v) is 6.83. The molecule has 0 radical (unpaired) electrons. The van der Waals surface area contributed by atoms with E-state index in [0.29, 0.717) is 37.4 Å². The predicted molar refractivity (Wildman–Crippen MR) is 99.6 cm³/mol. The number of rotatable bonds is 7. The molecule has 0 unspecified atom stereocenters. The van der Waals surface area contributed by atoms with Gasteiger partial charge in [0.05, 0.1) is 5.41 Å². The van der Waals surface area contributed by atoms with Gasteiger partial charge in [0.25, 0.3) is 5.91 Å². The van der Waals surface area contributed by atoms with E-state index < -0.39 is 11.4 Å². The van der Waals surface area contributed by atoms with Gasteiger partial charge < -0.3 is 19.9 Å². The first-order valence-corrected chi connectivity index (χ1v) is 9.05. The fraction of sp³-hybridized carbons (Fsp3) is 0.333. The first-order chi connectivity index (χ1) is 13.5. The molecule has 7 heteroatoms. The Morgan fingerprint density at radius 1 is 1.14 bits per heavy atom. The molecule has 1 amide bonds. The summed E-state index contributed by atoms with van der Waals surface area (Å²) in [4.78, 5) is 24.2. The molecule has 28 heavy (non-hydrogen) atoms. The van der Waals surface area contributed by atoms with E-state index in [1.54, 1.807) is 36.4 Å². The molecule has 0 aliphatic carbocycles. The van der Waals surface area contributed by atoms with E-state index >= 15 is 0 Å². The number of nitrogens with one attached hydrogen (secondary N) is 1. The number of carbonyl (C=O) groups is 2. The molecular weight excluding hydrogens is 365 g/mol. The minimum Gasteiger partial charge on any atom is -0.489 e. The lowest BCUT2D eigenvalue weighted by Crippen LogP contribution is -2.46. The van der Waals surface area contributed by atoms with E-state index in [-0.39, 0.29) is 24.9 Å². The molecule has 1 aliphatic rings. The molecule has 2 aromatic rings. The Labute approximate surface area is 162 Å². The van der Waals surface area contributed by atoms with Crippen molar-refractivity contribution in [3.05, 3.63) is 65.5 Å². The summed E-state index contributed by atoms with van der Waals surface area (Å²) >= 11 is 0. The first-order valence-electron chi connectivity index (χ1n) is 9.05. The molecule has 1 saturated heterocycles. The number of hydrogen-bond acceptors (Lipinski definition) is 4. The van der Waals surface area contributed by atoms with Gasteiger partial charge in [0.15, 0.2) is 0 Å². The molecule has 2 N–H and O–H groups in total. The zero-order valence-electron chi connectivity index (χ0n) is 15.3. The Morgan fingerprint density at radius 2 is 1.89 bits per heavy atom. The fourth-order valence-electron chi connectivity index (χ4n) is 3.11. The maximum atomic E-state index is 13.2. The maximum absolute atomic E-state index is 13.2. The highest BCUT2D eigenvalue weighted by atomic mass is 19.1. The third kappa shape index (κ3) is 4.86. The normalized spacial score (nSPS) is 15.6. The van der Waals surface area contributed by atoms with Crippen molar-refractivity contribution in [1.29, 1.82) is 0 Å². The van der Waals surface area contributed by atoms with E-state index in [2.05, 4.69) is 5.32 Å². The maximum Gasteiger partial charge on any atom is 0.311 e. The van der Waals surface area contributed by atoms with Gasteiger partial charge in [0.2, 0.25) is 0 Å². The molecule has 0 saturated carbocycles. The van der Waals surface area contributed by atoms with Crippen LogP contribution < -0.4 is 10.1 Å². The molecular formula is C21H22FNO5. The van der Waals surface area contributed by atoms with Crippen LogP contribution in [0.25, 0.3) is 0 Å². The SMILES string of the molecule is O=C(NCC1(C(=O)O)CCOCC1)c1cccc(COc2cccc(F)c2)c1. The molecule has 0 atom stereocenters. The van der Waals surface area contributed by atoms with Crippen molar-refractivity contribution in [2.45, 2.75) is 19.4 Å². The highest BCUT2D eigenvalue weighted by molar-refractivity contribution is 5.94. The third-order valence-corrected chi connectivity index (χ3v) is 4.88. The van der Waals surface area contributed by atoms with Gasteiger partial charge in [-0.2, -0.15) is 0 Å². The van der Waals surface area contributed by atoms with Gasteiger partial charge in [-0.05, 0) is 42.7 Å². The predicted octanol–water partition coefficient (Wildman–Crippen LogP) is 3.02. The Hall–Kier alpha value is -2.93. The van der Waals surface area contributed by atoms with Crippen LogP contribution in [0.2, 0.25) is 0 Å². The molecule has 3 rings (SSSR count). The smallest absolute Gasteiger partial charge is 0.311 e. The molecule has 148 valence electrons. The molecule has 0 aromatic heterocycles. The van der Waals surface area contributed by atoms with Crippen molar-refractivity contribution in [3.8, 4) is 5.75 Å². The van der Waals surface area contributed by atoms with Crippen LogP contribution in [0.5, 0.6) is 5.75 Å². The lowest BCUT2D eigenvalue weighted by molar-refractivity contribution is -0.154. The van der Waals surface area contributed by atoms with Gasteiger partial charge in [0.1, 0.15) is 18.2 Å². The Kier molecular flexibility index (Phi) is 6.26. The lowest BCUT2D eigenvalue weighted by atomic mass is 9.80. The van der Waals surface area contributed by atoms with E-state index in [0.717, 1.165) is 5.56 Å². The number of benzene rings is 2. The van der Waals surface area contributed by atoms with Crippen molar-refractivity contribution >= 4 is 11.9 Å². The van der Waals surface area contributed by atoms with Crippen LogP contribution in [-0.2, 0) is 16.1 Å². The fourth-order valence-corrected chi connectivity index (χ4v) is 3.11. The molecule has 1 fully saturated rings. The molecule has 2 aromatic carbocycles. The monoisotopic (exact) mass is 387 g/mol. The van der Waals surface area contributed by atoms with Crippen LogP contribution in [0.3, 0.4) is 0 Å². The van der Waals surface area contributed by atoms with E-state index in [9.17, 15) is 19.1 Å². The van der Waals surface area contributed by atoms with Crippen LogP contribution in [0, 0.1) is 11.2 Å². The minimum atomic E-state index is -0.994. The highest BCUT2D eigenvalue weighted by Gasteiger charge is 2.40. The van der Waals surface area contributed by atoms with Gasteiger partial charge in [0, 0.05) is 31.4 Å². The summed E-state index contributed by atoms with van der Waals surface area (Å²) in [5.74, 6) is -1.25. The van der Waals surface area contributed by atoms with Crippen LogP contribution in [0.15, 0.2) is 48.5 Å². The summed E-state index contributed by atoms with van der Waals surface area (Å²) in [6, 6.07) is 12.7. The summed E-state index contributed by atoms with van der Waals surface area (Å²) < 4.78 is 24.0. The Balaban J connectivity index is 1.61. The molecule has 1 aliphatic heterocycles. The Bertz CT molecular complexity index is 848. The number of ether oxygens (including phenoxy) is 2. The summed E-state index contributed by atoms with van der Waals surface area (Å²) in [7, 11) is 0. The molecule has 0 bridgehead atoms. The number of hydrogen-bond donors (Lipinski definition) is 2.